The van der Waals surface area contributed by atoms with Crippen LogP contribution in [0.1, 0.15) is 22.5 Å². The van der Waals surface area contributed by atoms with Gasteiger partial charge < -0.3 is 20.6 Å². The first-order valence-corrected chi connectivity index (χ1v) is 6.74. The Labute approximate surface area is 119 Å². The number of anilines is 1. The predicted molar refractivity (Wildman–Crippen MR) is 77.4 cm³/mol. The smallest absolute Gasteiger partial charge is 0.256 e. The Morgan fingerprint density at radius 1 is 1.60 bits per heavy atom. The second-order valence-electron chi connectivity index (χ2n) is 5.66. The van der Waals surface area contributed by atoms with Crippen molar-refractivity contribution in [1.82, 2.24) is 14.8 Å². The van der Waals surface area contributed by atoms with E-state index in [1.54, 1.807) is 24.1 Å². The fourth-order valence-corrected chi connectivity index (χ4v) is 2.66. The maximum absolute atomic E-state index is 12.7. The second-order valence-corrected chi connectivity index (χ2v) is 5.66. The van der Waals surface area contributed by atoms with Gasteiger partial charge in [-0.15, -0.1) is 0 Å². The van der Waals surface area contributed by atoms with Crippen LogP contribution in [0.4, 0.5) is 5.69 Å². The molecule has 6 heteroatoms. The minimum Gasteiger partial charge on any atom is -0.397 e. The molecular formula is C14H22N4O2. The Kier molecular flexibility index (Phi) is 4.25. The zero-order valence-corrected chi connectivity index (χ0v) is 12.2. The summed E-state index contributed by atoms with van der Waals surface area (Å²) in [5.74, 6) is -0.106. The number of nitrogens with two attached hydrogens (primary N) is 1. The number of nitrogen functional groups attached to an aromatic ring is 1. The summed E-state index contributed by atoms with van der Waals surface area (Å²) < 4.78 is 0. The average Bonchev–Trinajstić information content (AvgIpc) is 2.71. The molecule has 1 aliphatic heterocycles. The Balaban J connectivity index is 2.24. The molecule has 2 unspecified atom stereocenters. The number of aromatic nitrogens is 1. The Hall–Kier alpha value is -1.66. The van der Waals surface area contributed by atoms with E-state index in [0.29, 0.717) is 29.9 Å². The van der Waals surface area contributed by atoms with Gasteiger partial charge in [0.25, 0.3) is 5.91 Å². The molecular weight excluding hydrogens is 256 g/mol. The number of aliphatic hydroxyl groups excluding tert-OH is 1. The number of carbonyl (C=O) groups is 1. The lowest BCUT2D eigenvalue weighted by atomic mass is 10.1. The fourth-order valence-electron chi connectivity index (χ4n) is 2.66. The largest absolute Gasteiger partial charge is 0.397 e. The highest BCUT2D eigenvalue weighted by molar-refractivity contribution is 5.96. The van der Waals surface area contributed by atoms with Gasteiger partial charge in [0.2, 0.25) is 0 Å². The van der Waals surface area contributed by atoms with Crippen LogP contribution < -0.4 is 5.73 Å². The van der Waals surface area contributed by atoms with E-state index in [-0.39, 0.29) is 11.9 Å². The number of nitrogens with zero attached hydrogens (tertiary/aromatic N) is 3. The maximum Gasteiger partial charge on any atom is 0.256 e. The van der Waals surface area contributed by atoms with E-state index in [2.05, 4.69) is 4.98 Å². The number of likely N-dealkylation sites (N-methyl/N-ethyl adjacent to an activating group) is 1. The van der Waals surface area contributed by atoms with Crippen LogP contribution in [0.15, 0.2) is 12.3 Å². The third kappa shape index (κ3) is 3.08. The normalized spacial score (nSPS) is 22.6. The monoisotopic (exact) mass is 278 g/mol. The molecule has 0 saturated carbocycles. The summed E-state index contributed by atoms with van der Waals surface area (Å²) in [4.78, 5) is 20.5. The SMILES string of the molecule is Cc1ncc(N)cc1C(=O)N1CC(O)CC1CN(C)C. The molecule has 0 bridgehead atoms. The molecule has 6 nitrogen and oxygen atoms in total. The molecule has 1 aromatic rings. The molecule has 0 aliphatic carbocycles. The summed E-state index contributed by atoms with van der Waals surface area (Å²) in [7, 11) is 3.92. The zero-order chi connectivity index (χ0) is 14.9. The molecule has 2 rings (SSSR count). The summed E-state index contributed by atoms with van der Waals surface area (Å²) in [5, 5.41) is 9.85. The lowest BCUT2D eigenvalue weighted by Gasteiger charge is -2.27. The molecule has 2 heterocycles. The highest BCUT2D eigenvalue weighted by Crippen LogP contribution is 2.22. The zero-order valence-electron chi connectivity index (χ0n) is 12.2. The van der Waals surface area contributed by atoms with E-state index in [1.807, 2.05) is 19.0 Å². The van der Waals surface area contributed by atoms with E-state index in [1.165, 1.54) is 0 Å². The number of hydrogen-bond donors (Lipinski definition) is 2. The molecule has 110 valence electrons. The van der Waals surface area contributed by atoms with Gasteiger partial charge in [-0.2, -0.15) is 0 Å². The van der Waals surface area contributed by atoms with Gasteiger partial charge in [-0.3, -0.25) is 9.78 Å². The van der Waals surface area contributed by atoms with Crippen molar-refractivity contribution >= 4 is 11.6 Å². The van der Waals surface area contributed by atoms with Gasteiger partial charge in [0.15, 0.2) is 0 Å². The minimum absolute atomic E-state index is 0.0216. The van der Waals surface area contributed by atoms with Crippen molar-refractivity contribution in [3.05, 3.63) is 23.5 Å². The van der Waals surface area contributed by atoms with Crippen molar-refractivity contribution in [2.75, 3.05) is 32.9 Å². The molecule has 1 saturated heterocycles. The van der Waals surface area contributed by atoms with Crippen LogP contribution in [0.2, 0.25) is 0 Å². The first-order chi connectivity index (χ1) is 9.38. The van der Waals surface area contributed by atoms with Crippen LogP contribution in [-0.2, 0) is 0 Å². The highest BCUT2D eigenvalue weighted by Gasteiger charge is 2.35. The van der Waals surface area contributed by atoms with Crippen LogP contribution in [0.25, 0.3) is 0 Å². The third-order valence-corrected chi connectivity index (χ3v) is 3.57. The molecule has 0 aromatic carbocycles. The topological polar surface area (TPSA) is 82.7 Å². The summed E-state index contributed by atoms with van der Waals surface area (Å²) in [6.45, 7) is 2.89. The first-order valence-electron chi connectivity index (χ1n) is 6.74. The number of carbonyl (C=O) groups excluding carboxylic acids is 1. The van der Waals surface area contributed by atoms with Crippen molar-refractivity contribution in [3.8, 4) is 0 Å². The van der Waals surface area contributed by atoms with Gasteiger partial charge in [-0.1, -0.05) is 0 Å². The first kappa shape index (κ1) is 14.7. The molecule has 20 heavy (non-hydrogen) atoms. The standard InChI is InChI=1S/C14H22N4O2/c1-9-13(4-10(15)6-16-9)14(20)18-8-12(19)5-11(18)7-17(2)3/h4,6,11-12,19H,5,7-8,15H2,1-3H3. The van der Waals surface area contributed by atoms with Crippen LogP contribution in [-0.4, -0.2) is 65.1 Å². The van der Waals surface area contributed by atoms with Crippen LogP contribution in [0.3, 0.4) is 0 Å². The fraction of sp³-hybridized carbons (Fsp3) is 0.571. The summed E-state index contributed by atoms with van der Waals surface area (Å²) in [6, 6.07) is 1.68. The van der Waals surface area contributed by atoms with E-state index in [9.17, 15) is 9.90 Å². The van der Waals surface area contributed by atoms with E-state index in [4.69, 9.17) is 5.73 Å². The number of β-amino-alcohol motifs (C(OH)–C–C–N with tert-alkyl or cyclic N) is 1. The maximum atomic E-state index is 12.7. The number of aryl methyl sites for hydroxylation is 1. The number of aliphatic hydroxyl groups is 1. The lowest BCUT2D eigenvalue weighted by Crippen LogP contribution is -2.41. The molecule has 1 aliphatic rings. The molecule has 0 spiro atoms. The molecule has 1 amide bonds. The molecule has 0 radical (unpaired) electrons. The van der Waals surface area contributed by atoms with E-state index in [0.717, 1.165) is 6.54 Å². The number of likely N-dealkylation sites (tertiary alicyclic amines) is 1. The van der Waals surface area contributed by atoms with Gasteiger partial charge >= 0.3 is 0 Å². The van der Waals surface area contributed by atoms with Gasteiger partial charge in [0.1, 0.15) is 0 Å². The quantitative estimate of drug-likeness (QED) is 0.820. The summed E-state index contributed by atoms with van der Waals surface area (Å²) in [5.41, 5.74) is 7.37. The molecule has 1 aromatic heterocycles. The summed E-state index contributed by atoms with van der Waals surface area (Å²) >= 11 is 0. The highest BCUT2D eigenvalue weighted by atomic mass is 16.3. The van der Waals surface area contributed by atoms with E-state index >= 15 is 0 Å². The van der Waals surface area contributed by atoms with Crippen molar-refractivity contribution < 1.29 is 9.90 Å². The van der Waals surface area contributed by atoms with Gasteiger partial charge in [0.05, 0.1) is 29.2 Å². The molecule has 1 fully saturated rings. The lowest BCUT2D eigenvalue weighted by molar-refractivity contribution is 0.0698. The number of hydrogen-bond acceptors (Lipinski definition) is 5. The van der Waals surface area contributed by atoms with Gasteiger partial charge in [-0.25, -0.2) is 0 Å². The second kappa shape index (κ2) is 5.76. The Morgan fingerprint density at radius 2 is 2.30 bits per heavy atom. The number of pyridine rings is 1. The van der Waals surface area contributed by atoms with Gasteiger partial charge in [0, 0.05) is 19.1 Å². The number of rotatable bonds is 3. The van der Waals surface area contributed by atoms with Crippen LogP contribution in [0.5, 0.6) is 0 Å². The van der Waals surface area contributed by atoms with Crippen molar-refractivity contribution in [2.24, 2.45) is 0 Å². The van der Waals surface area contributed by atoms with Crippen molar-refractivity contribution in [1.29, 1.82) is 0 Å². The molecule has 2 atom stereocenters. The minimum atomic E-state index is -0.460. The van der Waals surface area contributed by atoms with Gasteiger partial charge in [-0.05, 0) is 33.5 Å². The van der Waals surface area contributed by atoms with Crippen LogP contribution >= 0.6 is 0 Å². The van der Waals surface area contributed by atoms with Crippen LogP contribution in [0, 0.1) is 6.92 Å². The summed E-state index contributed by atoms with van der Waals surface area (Å²) in [6.07, 6.45) is 1.69. The third-order valence-electron chi connectivity index (χ3n) is 3.57. The number of amides is 1. The Bertz CT molecular complexity index is 504. The Morgan fingerprint density at radius 3 is 2.95 bits per heavy atom. The average molecular weight is 278 g/mol. The van der Waals surface area contributed by atoms with Crippen molar-refractivity contribution in [2.45, 2.75) is 25.5 Å². The predicted octanol–water partition coefficient (Wildman–Crippen LogP) is 0.109. The van der Waals surface area contributed by atoms with E-state index < -0.39 is 6.10 Å². The molecule has 3 N–H and O–H groups in total. The van der Waals surface area contributed by atoms with Crippen molar-refractivity contribution in [3.63, 3.8) is 0 Å².